The zero-order chi connectivity index (χ0) is 15.2. The maximum Gasteiger partial charge on any atom is 0.231 e. The third-order valence-electron chi connectivity index (χ3n) is 4.26. The van der Waals surface area contributed by atoms with E-state index in [0.717, 1.165) is 24.0 Å². The summed E-state index contributed by atoms with van der Waals surface area (Å²) in [6.45, 7) is 4.40. The lowest BCUT2D eigenvalue weighted by Crippen LogP contribution is -2.17. The van der Waals surface area contributed by atoms with Gasteiger partial charge in [-0.15, -0.1) is 0 Å². The van der Waals surface area contributed by atoms with Crippen molar-refractivity contribution >= 4 is 12.2 Å². The van der Waals surface area contributed by atoms with Crippen LogP contribution in [0.15, 0.2) is 12.2 Å². The van der Waals surface area contributed by atoms with Gasteiger partial charge in [0, 0.05) is 0 Å². The van der Waals surface area contributed by atoms with Crippen LogP contribution < -0.4 is 0 Å². The van der Waals surface area contributed by atoms with Gasteiger partial charge in [-0.1, -0.05) is 50.7 Å². The topological polar surface area (TPSA) is 81.8 Å². The summed E-state index contributed by atoms with van der Waals surface area (Å²) in [5, 5.41) is 10.8. The smallest absolute Gasteiger partial charge is 0.222 e. The molecule has 4 nitrogen and oxygen atoms in total. The van der Waals surface area contributed by atoms with Gasteiger partial charge in [0.25, 0.3) is 0 Å². The highest BCUT2D eigenvalue weighted by Crippen LogP contribution is 2.38. The second-order valence-corrected chi connectivity index (χ2v) is 5.45. The fourth-order valence-electron chi connectivity index (χ4n) is 3.28. The van der Waals surface area contributed by atoms with Crippen LogP contribution >= 0.6 is 0 Å². The highest BCUT2D eigenvalue weighted by Gasteiger charge is 2.23. The maximum absolute atomic E-state index is 8.35. The molecule has 0 aromatic carbocycles. The molecule has 0 amide bonds. The number of nitrogens with one attached hydrogen (secondary N) is 2. The molecular formula is C16H26N2O2. The monoisotopic (exact) mass is 278 g/mol. The van der Waals surface area contributed by atoms with E-state index in [1.165, 1.54) is 64.2 Å². The maximum atomic E-state index is 8.35. The lowest BCUT2D eigenvalue weighted by atomic mass is 9.74. The predicted molar refractivity (Wildman–Crippen MR) is 79.1 cm³/mol. The van der Waals surface area contributed by atoms with E-state index in [4.69, 9.17) is 20.4 Å². The third kappa shape index (κ3) is 7.83. The predicted octanol–water partition coefficient (Wildman–Crippen LogP) is 4.51. The van der Waals surface area contributed by atoms with E-state index in [-0.39, 0.29) is 0 Å². The van der Waals surface area contributed by atoms with Crippen molar-refractivity contribution in [3.63, 3.8) is 0 Å². The molecule has 0 aromatic heterocycles. The minimum Gasteiger partial charge on any atom is -0.222 e. The van der Waals surface area contributed by atoms with Crippen molar-refractivity contribution in [2.24, 2.45) is 11.8 Å². The van der Waals surface area contributed by atoms with Crippen molar-refractivity contribution in [1.82, 2.24) is 0 Å². The van der Waals surface area contributed by atoms with E-state index in [0.29, 0.717) is 0 Å². The molecule has 2 fully saturated rings. The van der Waals surface area contributed by atoms with Crippen LogP contribution in [0.5, 0.6) is 0 Å². The average molecular weight is 278 g/mol. The number of rotatable bonds is 2. The van der Waals surface area contributed by atoms with E-state index in [2.05, 4.69) is 6.58 Å². The van der Waals surface area contributed by atoms with E-state index in [1.807, 2.05) is 0 Å². The Kier molecular flexibility index (Phi) is 11.6. The Morgan fingerprint density at radius 1 is 0.750 bits per heavy atom. The van der Waals surface area contributed by atoms with E-state index < -0.39 is 0 Å². The summed E-state index contributed by atoms with van der Waals surface area (Å²) in [5.74, 6) is 1.79. The number of hydrogen-bond acceptors (Lipinski definition) is 4. The van der Waals surface area contributed by atoms with E-state index >= 15 is 0 Å². The van der Waals surface area contributed by atoms with Gasteiger partial charge in [0.1, 0.15) is 0 Å². The van der Waals surface area contributed by atoms with Gasteiger partial charge in [-0.25, -0.2) is 20.4 Å². The zero-order valence-corrected chi connectivity index (χ0v) is 12.2. The van der Waals surface area contributed by atoms with Gasteiger partial charge in [0.05, 0.1) is 0 Å². The van der Waals surface area contributed by atoms with Crippen LogP contribution in [-0.4, -0.2) is 12.2 Å². The van der Waals surface area contributed by atoms with Gasteiger partial charge in [0.2, 0.25) is 12.2 Å². The average Bonchev–Trinajstić information content (AvgIpc) is 2.50. The Morgan fingerprint density at radius 3 is 1.25 bits per heavy atom. The molecular weight excluding hydrogens is 252 g/mol. The molecule has 0 aromatic rings. The van der Waals surface area contributed by atoms with Crippen LogP contribution in [0.25, 0.3) is 0 Å². The summed E-state index contributed by atoms with van der Waals surface area (Å²) in [4.78, 5) is 16.7. The molecule has 0 atom stereocenters. The zero-order valence-electron chi connectivity index (χ0n) is 12.2. The summed E-state index contributed by atoms with van der Waals surface area (Å²) >= 11 is 0. The number of carbonyl (C=O) groups excluding carboxylic acids is 2. The van der Waals surface area contributed by atoms with Gasteiger partial charge >= 0.3 is 0 Å². The Bertz CT molecular complexity index is 296. The molecule has 4 heteroatoms. The van der Waals surface area contributed by atoms with Crippen molar-refractivity contribution in [1.29, 1.82) is 10.8 Å². The van der Waals surface area contributed by atoms with E-state index in [1.54, 1.807) is 5.57 Å². The highest BCUT2D eigenvalue weighted by atomic mass is 16.1. The van der Waals surface area contributed by atoms with Crippen LogP contribution in [0.2, 0.25) is 0 Å². The van der Waals surface area contributed by atoms with Gasteiger partial charge in [-0.2, -0.15) is 0 Å². The number of isocyanates is 2. The molecule has 0 saturated heterocycles. The van der Waals surface area contributed by atoms with Crippen LogP contribution in [0.1, 0.15) is 64.2 Å². The summed E-state index contributed by atoms with van der Waals surface area (Å²) in [6, 6.07) is 0. The van der Waals surface area contributed by atoms with Gasteiger partial charge in [-0.05, 0) is 37.5 Å². The van der Waals surface area contributed by atoms with Crippen molar-refractivity contribution in [3.05, 3.63) is 12.2 Å². The van der Waals surface area contributed by atoms with Gasteiger partial charge in [0.15, 0.2) is 0 Å². The standard InChI is InChI=1S/C14H24.2CHNO/c1-12(13-8-4-2-5-9-13)14-10-6-3-7-11-14;2*2-1-3/h13-14H,1-11H2;2*2H. The molecule has 2 aliphatic rings. The van der Waals surface area contributed by atoms with Crippen LogP contribution in [0, 0.1) is 22.7 Å². The minimum atomic E-state index is 0.750. The summed E-state index contributed by atoms with van der Waals surface area (Å²) in [7, 11) is 0. The molecule has 112 valence electrons. The molecule has 0 bridgehead atoms. The Labute approximate surface area is 121 Å². The summed E-state index contributed by atoms with van der Waals surface area (Å²) in [6.07, 6.45) is 16.0. The van der Waals surface area contributed by atoms with Crippen molar-refractivity contribution < 1.29 is 9.59 Å². The first kappa shape index (κ1) is 18.5. The van der Waals surface area contributed by atoms with Crippen LogP contribution in [0.3, 0.4) is 0 Å². The van der Waals surface area contributed by atoms with Crippen molar-refractivity contribution in [2.75, 3.05) is 0 Å². The molecule has 2 N–H and O–H groups in total. The van der Waals surface area contributed by atoms with Gasteiger partial charge in [-0.3, -0.25) is 0 Å². The molecule has 0 unspecified atom stereocenters. The molecule has 0 radical (unpaired) electrons. The highest BCUT2D eigenvalue weighted by molar-refractivity contribution is 5.26. The lowest BCUT2D eigenvalue weighted by molar-refractivity contribution is 0.327. The minimum absolute atomic E-state index is 0.750. The Morgan fingerprint density at radius 2 is 1.00 bits per heavy atom. The van der Waals surface area contributed by atoms with Crippen LogP contribution in [0.4, 0.5) is 0 Å². The largest absolute Gasteiger partial charge is 0.231 e. The quantitative estimate of drug-likeness (QED) is 0.442. The second kappa shape index (κ2) is 12.5. The molecule has 2 saturated carbocycles. The fraction of sp³-hybridized carbons (Fsp3) is 0.750. The van der Waals surface area contributed by atoms with E-state index in [9.17, 15) is 0 Å². The SMILES string of the molecule is C=C(C1CCCCC1)C1CCCCC1.N=C=O.N=C=O. The molecule has 20 heavy (non-hydrogen) atoms. The number of hydrogen-bond donors (Lipinski definition) is 2. The lowest BCUT2D eigenvalue weighted by Gasteiger charge is -2.31. The molecule has 0 aliphatic heterocycles. The van der Waals surface area contributed by atoms with Gasteiger partial charge < -0.3 is 0 Å². The van der Waals surface area contributed by atoms with Crippen LogP contribution in [-0.2, 0) is 9.59 Å². The first-order valence-corrected chi connectivity index (χ1v) is 7.47. The summed E-state index contributed by atoms with van der Waals surface area (Å²) < 4.78 is 0. The first-order valence-electron chi connectivity index (χ1n) is 7.47. The normalized spacial score (nSPS) is 19.2. The molecule has 2 aliphatic carbocycles. The first-order chi connectivity index (χ1) is 9.71. The Hall–Kier alpha value is -1.50. The molecule has 2 rings (SSSR count). The fourth-order valence-corrected chi connectivity index (χ4v) is 3.28. The van der Waals surface area contributed by atoms with Crippen molar-refractivity contribution in [2.45, 2.75) is 64.2 Å². The number of allylic oxidation sites excluding steroid dienone is 1. The Balaban J connectivity index is 0.000000520. The summed E-state index contributed by atoms with van der Waals surface area (Å²) in [5.41, 5.74) is 1.63. The third-order valence-corrected chi connectivity index (χ3v) is 4.26. The van der Waals surface area contributed by atoms with Crippen molar-refractivity contribution in [3.8, 4) is 0 Å². The molecule has 0 spiro atoms. The molecule has 0 heterocycles. The second-order valence-electron chi connectivity index (χ2n) is 5.45.